The third kappa shape index (κ3) is 3.89. The molecule has 0 aromatic carbocycles. The molecule has 1 heterocycles. The van der Waals surface area contributed by atoms with Gasteiger partial charge in [-0.3, -0.25) is 4.98 Å². The minimum atomic E-state index is -0.446. The van der Waals surface area contributed by atoms with Crippen LogP contribution in [0.4, 0.5) is 5.69 Å². The van der Waals surface area contributed by atoms with Crippen LogP contribution >= 0.6 is 11.8 Å². The van der Waals surface area contributed by atoms with Crippen LogP contribution in [0.5, 0.6) is 0 Å². The van der Waals surface area contributed by atoms with Gasteiger partial charge in [0.2, 0.25) is 0 Å². The summed E-state index contributed by atoms with van der Waals surface area (Å²) >= 11 is 1.84. The zero-order chi connectivity index (χ0) is 12.8. The summed E-state index contributed by atoms with van der Waals surface area (Å²) in [4.78, 5) is 6.53. The molecule has 3 nitrogen and oxygen atoms in total. The fraction of sp³-hybridized carbons (Fsp3) is 0.615. The van der Waals surface area contributed by atoms with Crippen LogP contribution in [0.1, 0.15) is 32.1 Å². The van der Waals surface area contributed by atoms with Crippen molar-refractivity contribution < 1.29 is 5.11 Å². The number of pyridine rings is 1. The summed E-state index contributed by atoms with van der Waals surface area (Å²) in [5, 5.41) is 9.67. The minimum absolute atomic E-state index is 0.446. The highest BCUT2D eigenvalue weighted by Crippen LogP contribution is 2.19. The van der Waals surface area contributed by atoms with Crippen molar-refractivity contribution in [2.45, 2.75) is 32.4 Å². The zero-order valence-corrected chi connectivity index (χ0v) is 11.9. The molecule has 0 spiro atoms. The van der Waals surface area contributed by atoms with Crippen molar-refractivity contribution >= 4 is 17.4 Å². The van der Waals surface area contributed by atoms with Crippen LogP contribution in [-0.4, -0.2) is 35.2 Å². The quantitative estimate of drug-likeness (QED) is 0.847. The molecule has 0 bridgehead atoms. The van der Waals surface area contributed by atoms with Gasteiger partial charge in [0.1, 0.15) is 0 Å². The van der Waals surface area contributed by atoms with Crippen molar-refractivity contribution in [2.75, 3.05) is 24.0 Å². The normalized spacial score (nSPS) is 14.4. The predicted octanol–water partition coefficient (Wildman–Crippen LogP) is 2.71. The molecular formula is C13H22N2OS. The standard InChI is InChI=1S/C13H22N2OS/c1-5-13(16)12-7-6-11(8-14-12)15(3)10(2)9-17-4/h6-8,10,13,16H,5,9H2,1-4H3/t10?,13-/m0/s1. The highest BCUT2D eigenvalue weighted by molar-refractivity contribution is 7.98. The molecule has 0 saturated heterocycles. The summed E-state index contributed by atoms with van der Waals surface area (Å²) < 4.78 is 0. The number of hydrogen-bond donors (Lipinski definition) is 1. The first-order chi connectivity index (χ1) is 8.10. The maximum absolute atomic E-state index is 9.67. The lowest BCUT2D eigenvalue weighted by Crippen LogP contribution is -2.30. The van der Waals surface area contributed by atoms with Crippen LogP contribution in [0.3, 0.4) is 0 Å². The Kier molecular flexibility index (Phi) is 5.78. The molecule has 2 atom stereocenters. The van der Waals surface area contributed by atoms with Crippen LogP contribution in [0, 0.1) is 0 Å². The van der Waals surface area contributed by atoms with E-state index in [2.05, 4.69) is 30.1 Å². The van der Waals surface area contributed by atoms with Crippen molar-refractivity contribution in [1.82, 2.24) is 4.98 Å². The number of aromatic nitrogens is 1. The number of aliphatic hydroxyl groups is 1. The molecule has 0 aliphatic heterocycles. The fourth-order valence-corrected chi connectivity index (χ4v) is 2.33. The Morgan fingerprint density at radius 1 is 1.47 bits per heavy atom. The van der Waals surface area contributed by atoms with Gasteiger partial charge >= 0.3 is 0 Å². The monoisotopic (exact) mass is 254 g/mol. The molecule has 0 aliphatic rings. The van der Waals surface area contributed by atoms with Gasteiger partial charge < -0.3 is 10.0 Å². The van der Waals surface area contributed by atoms with Crippen molar-refractivity contribution in [2.24, 2.45) is 0 Å². The van der Waals surface area contributed by atoms with E-state index in [0.29, 0.717) is 12.5 Å². The first-order valence-corrected chi connectivity index (χ1v) is 7.35. The first-order valence-electron chi connectivity index (χ1n) is 5.95. The third-order valence-electron chi connectivity index (χ3n) is 2.98. The first kappa shape index (κ1) is 14.3. The van der Waals surface area contributed by atoms with Crippen LogP contribution in [0.25, 0.3) is 0 Å². The number of thioether (sulfide) groups is 1. The van der Waals surface area contributed by atoms with Gasteiger partial charge in [-0.05, 0) is 31.7 Å². The van der Waals surface area contributed by atoms with Gasteiger partial charge in [-0.25, -0.2) is 0 Å². The van der Waals surface area contributed by atoms with Crippen LogP contribution in [-0.2, 0) is 0 Å². The SMILES string of the molecule is CC[C@H](O)c1ccc(N(C)C(C)CSC)cn1. The molecule has 0 aliphatic carbocycles. The van der Waals surface area contributed by atoms with Gasteiger partial charge in [-0.15, -0.1) is 0 Å². The van der Waals surface area contributed by atoms with E-state index >= 15 is 0 Å². The Labute approximate surface area is 108 Å². The van der Waals surface area contributed by atoms with E-state index in [4.69, 9.17) is 0 Å². The number of rotatable bonds is 6. The smallest absolute Gasteiger partial charge is 0.0957 e. The van der Waals surface area contributed by atoms with E-state index < -0.39 is 6.10 Å². The topological polar surface area (TPSA) is 36.4 Å². The lowest BCUT2D eigenvalue weighted by atomic mass is 10.2. The summed E-state index contributed by atoms with van der Waals surface area (Å²) in [5.41, 5.74) is 1.85. The molecule has 1 N–H and O–H groups in total. The Morgan fingerprint density at radius 2 is 2.18 bits per heavy atom. The van der Waals surface area contributed by atoms with E-state index in [1.165, 1.54) is 0 Å². The Bertz CT molecular complexity index is 329. The average Bonchev–Trinajstić information content (AvgIpc) is 2.37. The second-order valence-electron chi connectivity index (χ2n) is 4.28. The number of aliphatic hydroxyl groups excluding tert-OH is 1. The highest BCUT2D eigenvalue weighted by atomic mass is 32.2. The molecule has 0 radical (unpaired) electrons. The maximum atomic E-state index is 9.67. The lowest BCUT2D eigenvalue weighted by Gasteiger charge is -2.26. The largest absolute Gasteiger partial charge is 0.387 e. The summed E-state index contributed by atoms with van der Waals surface area (Å²) in [6.45, 7) is 4.15. The Hall–Kier alpha value is -0.740. The van der Waals surface area contributed by atoms with E-state index in [0.717, 1.165) is 17.1 Å². The van der Waals surface area contributed by atoms with E-state index in [-0.39, 0.29) is 0 Å². The second-order valence-corrected chi connectivity index (χ2v) is 5.19. The molecule has 96 valence electrons. The number of nitrogens with zero attached hydrogens (tertiary/aromatic N) is 2. The molecule has 1 rings (SSSR count). The van der Waals surface area contributed by atoms with Gasteiger partial charge in [0.25, 0.3) is 0 Å². The summed E-state index contributed by atoms with van der Waals surface area (Å²) in [5.74, 6) is 1.09. The fourth-order valence-electron chi connectivity index (χ4n) is 1.62. The predicted molar refractivity (Wildman–Crippen MR) is 75.7 cm³/mol. The molecule has 4 heteroatoms. The van der Waals surface area contributed by atoms with Crippen molar-refractivity contribution in [3.8, 4) is 0 Å². The molecule has 1 aromatic rings. The molecule has 0 amide bonds. The summed E-state index contributed by atoms with van der Waals surface area (Å²) in [6.07, 6.45) is 4.21. The molecule has 17 heavy (non-hydrogen) atoms. The molecular weight excluding hydrogens is 232 g/mol. The van der Waals surface area contributed by atoms with Crippen LogP contribution in [0.15, 0.2) is 18.3 Å². The van der Waals surface area contributed by atoms with Gasteiger partial charge in [0, 0.05) is 18.8 Å². The maximum Gasteiger partial charge on any atom is 0.0957 e. The van der Waals surface area contributed by atoms with Gasteiger partial charge in [-0.2, -0.15) is 11.8 Å². The summed E-state index contributed by atoms with van der Waals surface area (Å²) in [6, 6.07) is 4.41. The van der Waals surface area contributed by atoms with Crippen LogP contribution < -0.4 is 4.90 Å². The number of anilines is 1. The minimum Gasteiger partial charge on any atom is -0.387 e. The molecule has 1 aromatic heterocycles. The summed E-state index contributed by atoms with van der Waals surface area (Å²) in [7, 11) is 2.08. The lowest BCUT2D eigenvalue weighted by molar-refractivity contribution is 0.169. The van der Waals surface area contributed by atoms with E-state index in [9.17, 15) is 5.11 Å². The Balaban J connectivity index is 2.73. The van der Waals surface area contributed by atoms with Gasteiger partial charge in [0.15, 0.2) is 0 Å². The average molecular weight is 254 g/mol. The molecule has 1 unspecified atom stereocenters. The third-order valence-corrected chi connectivity index (χ3v) is 3.79. The highest BCUT2D eigenvalue weighted by Gasteiger charge is 2.11. The van der Waals surface area contributed by atoms with Crippen LogP contribution in [0.2, 0.25) is 0 Å². The molecule has 0 saturated carbocycles. The van der Waals surface area contributed by atoms with Crippen molar-refractivity contribution in [3.63, 3.8) is 0 Å². The number of hydrogen-bond acceptors (Lipinski definition) is 4. The zero-order valence-electron chi connectivity index (χ0n) is 11.1. The second kappa shape index (κ2) is 6.87. The van der Waals surface area contributed by atoms with E-state index in [1.807, 2.05) is 37.0 Å². The van der Waals surface area contributed by atoms with Crippen molar-refractivity contribution in [3.05, 3.63) is 24.0 Å². The van der Waals surface area contributed by atoms with E-state index in [1.54, 1.807) is 0 Å². The van der Waals surface area contributed by atoms with Gasteiger partial charge in [-0.1, -0.05) is 6.92 Å². The Morgan fingerprint density at radius 3 is 2.65 bits per heavy atom. The molecule has 0 fully saturated rings. The van der Waals surface area contributed by atoms with Gasteiger partial charge in [0.05, 0.1) is 23.7 Å². The van der Waals surface area contributed by atoms with Crippen molar-refractivity contribution in [1.29, 1.82) is 0 Å².